The molecule has 0 saturated heterocycles. The minimum atomic E-state index is 0.163. The minimum Gasteiger partial charge on any atom is -0.493 e. The number of Topliss-reactive ketones (excluding diaryl/α,β-unsaturated/α-hetero) is 1. The smallest absolute Gasteiger partial charge is 0.143 e. The van der Waals surface area contributed by atoms with E-state index in [0.717, 1.165) is 10.8 Å². The van der Waals surface area contributed by atoms with E-state index in [1.165, 1.54) is 11.3 Å². The molecule has 0 amide bonds. The van der Waals surface area contributed by atoms with Crippen LogP contribution in [0.5, 0.6) is 5.75 Å². The van der Waals surface area contributed by atoms with Gasteiger partial charge in [-0.3, -0.25) is 4.79 Å². The summed E-state index contributed by atoms with van der Waals surface area (Å²) in [6.45, 7) is 0.425. The van der Waals surface area contributed by atoms with Gasteiger partial charge in [0.05, 0.1) is 18.0 Å². The Morgan fingerprint density at radius 1 is 1.29 bits per heavy atom. The molecule has 1 heterocycles. The molecule has 0 aliphatic rings. The van der Waals surface area contributed by atoms with Crippen LogP contribution in [0, 0.1) is 0 Å². The number of hydrogen-bond acceptors (Lipinski definition) is 4. The van der Waals surface area contributed by atoms with E-state index in [9.17, 15) is 4.79 Å². The van der Waals surface area contributed by atoms with Crippen molar-refractivity contribution in [1.82, 2.24) is 4.98 Å². The highest BCUT2D eigenvalue weighted by molar-refractivity contribution is 7.09. The Morgan fingerprint density at radius 3 is 2.82 bits per heavy atom. The summed E-state index contributed by atoms with van der Waals surface area (Å²) in [5, 5.41) is 2.75. The molecule has 2 rings (SSSR count). The predicted octanol–water partition coefficient (Wildman–Crippen LogP) is 2.72. The molecule has 17 heavy (non-hydrogen) atoms. The second-order valence-electron chi connectivity index (χ2n) is 3.55. The van der Waals surface area contributed by atoms with Gasteiger partial charge in [0.25, 0.3) is 0 Å². The summed E-state index contributed by atoms with van der Waals surface area (Å²) in [4.78, 5) is 15.7. The Bertz CT molecular complexity index is 454. The zero-order valence-corrected chi connectivity index (χ0v) is 10.2. The lowest BCUT2D eigenvalue weighted by Crippen LogP contribution is -2.08. The van der Waals surface area contributed by atoms with Gasteiger partial charge in [0.1, 0.15) is 11.5 Å². The van der Waals surface area contributed by atoms with Crippen molar-refractivity contribution < 1.29 is 9.53 Å². The highest BCUT2D eigenvalue weighted by Gasteiger charge is 2.05. The summed E-state index contributed by atoms with van der Waals surface area (Å²) in [6.07, 6.45) is 2.55. The summed E-state index contributed by atoms with van der Waals surface area (Å²) >= 11 is 1.51. The van der Waals surface area contributed by atoms with E-state index in [1.807, 2.05) is 35.7 Å². The summed E-state index contributed by atoms with van der Waals surface area (Å²) in [7, 11) is 0. The Morgan fingerprint density at radius 2 is 2.12 bits per heavy atom. The number of carbonyl (C=O) groups is 1. The van der Waals surface area contributed by atoms with Crippen molar-refractivity contribution in [3.63, 3.8) is 0 Å². The van der Waals surface area contributed by atoms with Crippen LogP contribution in [0.15, 0.2) is 41.9 Å². The zero-order valence-electron chi connectivity index (χ0n) is 9.33. The summed E-state index contributed by atoms with van der Waals surface area (Å²) < 4.78 is 5.46. The van der Waals surface area contributed by atoms with Crippen LogP contribution in [-0.4, -0.2) is 17.4 Å². The number of nitrogens with zero attached hydrogens (tertiary/aromatic N) is 1. The first kappa shape index (κ1) is 11.8. The van der Waals surface area contributed by atoms with Gasteiger partial charge in [-0.15, -0.1) is 11.3 Å². The molecule has 0 radical (unpaired) electrons. The molecule has 0 unspecified atom stereocenters. The van der Waals surface area contributed by atoms with Gasteiger partial charge in [0.15, 0.2) is 0 Å². The number of para-hydroxylation sites is 1. The van der Waals surface area contributed by atoms with Crippen LogP contribution in [0.4, 0.5) is 0 Å². The molecular weight excluding hydrogens is 234 g/mol. The average molecular weight is 247 g/mol. The second kappa shape index (κ2) is 6.15. The quantitative estimate of drug-likeness (QED) is 0.788. The van der Waals surface area contributed by atoms with Crippen LogP contribution in [0.1, 0.15) is 11.4 Å². The monoisotopic (exact) mass is 247 g/mol. The molecule has 0 aliphatic carbocycles. The number of thiazole rings is 1. The van der Waals surface area contributed by atoms with Crippen LogP contribution >= 0.6 is 11.3 Å². The van der Waals surface area contributed by atoms with Crippen molar-refractivity contribution in [3.05, 3.63) is 46.9 Å². The van der Waals surface area contributed by atoms with E-state index < -0.39 is 0 Å². The van der Waals surface area contributed by atoms with Crippen LogP contribution in [-0.2, 0) is 11.2 Å². The van der Waals surface area contributed by atoms with Crippen LogP contribution in [0.3, 0.4) is 0 Å². The molecule has 0 atom stereocenters. The second-order valence-corrected chi connectivity index (χ2v) is 4.53. The average Bonchev–Trinajstić information content (AvgIpc) is 2.83. The number of aromatic nitrogens is 1. The first-order valence-corrected chi connectivity index (χ1v) is 6.30. The van der Waals surface area contributed by atoms with Crippen molar-refractivity contribution in [2.24, 2.45) is 0 Å². The molecule has 0 spiro atoms. The van der Waals surface area contributed by atoms with Crippen molar-refractivity contribution in [1.29, 1.82) is 0 Å². The highest BCUT2D eigenvalue weighted by atomic mass is 32.1. The van der Waals surface area contributed by atoms with Crippen LogP contribution in [0.25, 0.3) is 0 Å². The molecule has 0 aliphatic heterocycles. The standard InChI is InChI=1S/C13H13NO2S/c15-11(10-13-14-7-9-17-13)6-8-16-12-4-2-1-3-5-12/h1-5,7,9H,6,8,10H2. The topological polar surface area (TPSA) is 39.2 Å². The highest BCUT2D eigenvalue weighted by Crippen LogP contribution is 2.10. The fourth-order valence-electron chi connectivity index (χ4n) is 1.40. The number of carbonyl (C=O) groups excluding carboxylic acids is 1. The SMILES string of the molecule is O=C(CCOc1ccccc1)Cc1nccs1. The van der Waals surface area contributed by atoms with Crippen molar-refractivity contribution in [3.8, 4) is 5.75 Å². The lowest BCUT2D eigenvalue weighted by Gasteiger charge is -2.04. The summed E-state index contributed by atoms with van der Waals surface area (Å²) in [5.41, 5.74) is 0. The minimum absolute atomic E-state index is 0.163. The van der Waals surface area contributed by atoms with Crippen molar-refractivity contribution >= 4 is 17.1 Å². The van der Waals surface area contributed by atoms with Gasteiger partial charge in [0.2, 0.25) is 0 Å². The normalized spacial score (nSPS) is 10.1. The molecule has 0 N–H and O–H groups in total. The third-order valence-corrected chi connectivity index (χ3v) is 3.00. The third kappa shape index (κ3) is 4.00. The first-order chi connectivity index (χ1) is 8.34. The van der Waals surface area contributed by atoms with E-state index in [0.29, 0.717) is 19.4 Å². The number of hydrogen-bond donors (Lipinski definition) is 0. The molecule has 88 valence electrons. The van der Waals surface area contributed by atoms with Gasteiger partial charge in [-0.2, -0.15) is 0 Å². The Kier molecular flexibility index (Phi) is 4.27. The van der Waals surface area contributed by atoms with Crippen molar-refractivity contribution in [2.45, 2.75) is 12.8 Å². The van der Waals surface area contributed by atoms with Gasteiger partial charge in [-0.05, 0) is 12.1 Å². The maximum Gasteiger partial charge on any atom is 0.143 e. The lowest BCUT2D eigenvalue weighted by molar-refractivity contribution is -0.118. The van der Waals surface area contributed by atoms with E-state index in [1.54, 1.807) is 6.20 Å². The van der Waals surface area contributed by atoms with E-state index in [-0.39, 0.29) is 5.78 Å². The van der Waals surface area contributed by atoms with E-state index in [2.05, 4.69) is 4.98 Å². The van der Waals surface area contributed by atoms with Gasteiger partial charge < -0.3 is 4.74 Å². The Labute approximate surface area is 104 Å². The van der Waals surface area contributed by atoms with E-state index in [4.69, 9.17) is 4.74 Å². The number of rotatable bonds is 6. The van der Waals surface area contributed by atoms with Gasteiger partial charge in [0, 0.05) is 18.0 Å². The maximum absolute atomic E-state index is 11.6. The van der Waals surface area contributed by atoms with Gasteiger partial charge in [-0.25, -0.2) is 4.98 Å². The predicted molar refractivity (Wildman–Crippen MR) is 67.4 cm³/mol. The van der Waals surface area contributed by atoms with Gasteiger partial charge >= 0.3 is 0 Å². The number of ether oxygens (including phenoxy) is 1. The molecule has 1 aromatic carbocycles. The van der Waals surface area contributed by atoms with Gasteiger partial charge in [-0.1, -0.05) is 18.2 Å². The van der Waals surface area contributed by atoms with E-state index >= 15 is 0 Å². The largest absolute Gasteiger partial charge is 0.493 e. The van der Waals surface area contributed by atoms with Crippen LogP contribution < -0.4 is 4.74 Å². The molecule has 0 fully saturated rings. The number of ketones is 1. The number of benzene rings is 1. The molecule has 1 aromatic heterocycles. The lowest BCUT2D eigenvalue weighted by atomic mass is 10.2. The third-order valence-electron chi connectivity index (χ3n) is 2.22. The molecule has 4 heteroatoms. The zero-order chi connectivity index (χ0) is 11.9. The first-order valence-electron chi connectivity index (χ1n) is 5.42. The maximum atomic E-state index is 11.6. The molecule has 3 nitrogen and oxygen atoms in total. The summed E-state index contributed by atoms with van der Waals surface area (Å²) in [6, 6.07) is 9.51. The van der Waals surface area contributed by atoms with Crippen LogP contribution in [0.2, 0.25) is 0 Å². The Balaban J connectivity index is 1.70. The molecule has 2 aromatic rings. The Hall–Kier alpha value is -1.68. The molecule has 0 saturated carbocycles. The fraction of sp³-hybridized carbons (Fsp3) is 0.231. The summed E-state index contributed by atoms with van der Waals surface area (Å²) in [5.74, 6) is 0.963. The molecule has 0 bridgehead atoms. The van der Waals surface area contributed by atoms with Crippen molar-refractivity contribution in [2.75, 3.05) is 6.61 Å². The fourth-order valence-corrected chi connectivity index (χ4v) is 2.04. The molecular formula is C13H13NO2S.